The van der Waals surface area contributed by atoms with Gasteiger partial charge >= 0.3 is 0 Å². The van der Waals surface area contributed by atoms with Crippen molar-refractivity contribution in [3.05, 3.63) is 29.8 Å². The lowest BCUT2D eigenvalue weighted by Crippen LogP contribution is -2.37. The second kappa shape index (κ2) is 6.76. The second-order valence-corrected chi connectivity index (χ2v) is 4.64. The quantitative estimate of drug-likeness (QED) is 0.783. The molecule has 0 spiro atoms. The van der Waals surface area contributed by atoms with Crippen LogP contribution < -0.4 is 10.2 Å². The first kappa shape index (κ1) is 13.4. The lowest BCUT2D eigenvalue weighted by Gasteiger charge is -2.36. The summed E-state index contributed by atoms with van der Waals surface area (Å²) in [6.07, 6.45) is 1.18. The van der Waals surface area contributed by atoms with Gasteiger partial charge in [0.1, 0.15) is 0 Å². The van der Waals surface area contributed by atoms with Gasteiger partial charge in [-0.25, -0.2) is 0 Å². The number of fused-ring (bicyclic) bond motifs is 1. The number of hydrogen-bond donors (Lipinski definition) is 1. The van der Waals surface area contributed by atoms with Crippen molar-refractivity contribution in [3.63, 3.8) is 0 Å². The Hall–Kier alpha value is -1.06. The number of nitrogens with one attached hydrogen (secondary N) is 1. The highest BCUT2D eigenvalue weighted by atomic mass is 16.5. The van der Waals surface area contributed by atoms with Crippen molar-refractivity contribution in [2.45, 2.75) is 26.3 Å². The first-order chi connectivity index (χ1) is 8.86. The summed E-state index contributed by atoms with van der Waals surface area (Å²) >= 11 is 0. The van der Waals surface area contributed by atoms with Crippen LogP contribution in [0.3, 0.4) is 0 Å². The molecule has 1 aromatic carbocycles. The first-order valence-electron chi connectivity index (χ1n) is 7.01. The highest BCUT2D eigenvalue weighted by molar-refractivity contribution is 5.56. The van der Waals surface area contributed by atoms with Crippen molar-refractivity contribution in [1.29, 1.82) is 0 Å². The molecule has 100 valence electrons. The van der Waals surface area contributed by atoms with Crippen LogP contribution in [0.25, 0.3) is 0 Å². The largest absolute Gasteiger partial charge is 0.380 e. The van der Waals surface area contributed by atoms with Gasteiger partial charge in [0, 0.05) is 31.4 Å². The number of hydrogen-bond acceptors (Lipinski definition) is 3. The average Bonchev–Trinajstić information content (AvgIpc) is 2.41. The van der Waals surface area contributed by atoms with Gasteiger partial charge in [0.25, 0.3) is 0 Å². The molecule has 0 saturated carbocycles. The zero-order valence-electron chi connectivity index (χ0n) is 11.5. The smallest absolute Gasteiger partial charge is 0.0641 e. The Kier molecular flexibility index (Phi) is 5.02. The summed E-state index contributed by atoms with van der Waals surface area (Å²) < 4.78 is 5.47. The zero-order valence-corrected chi connectivity index (χ0v) is 11.5. The van der Waals surface area contributed by atoms with E-state index >= 15 is 0 Å². The molecule has 0 radical (unpaired) electrons. The molecule has 0 aliphatic carbocycles. The van der Waals surface area contributed by atoms with E-state index < -0.39 is 0 Å². The van der Waals surface area contributed by atoms with Gasteiger partial charge in [0.2, 0.25) is 0 Å². The van der Waals surface area contributed by atoms with Crippen LogP contribution in [0, 0.1) is 0 Å². The van der Waals surface area contributed by atoms with Gasteiger partial charge in [-0.15, -0.1) is 0 Å². The first-order valence-corrected chi connectivity index (χ1v) is 7.01. The average molecular weight is 248 g/mol. The molecule has 1 aromatic rings. The van der Waals surface area contributed by atoms with Crippen LogP contribution in [-0.4, -0.2) is 32.8 Å². The van der Waals surface area contributed by atoms with Crippen LogP contribution in [-0.2, 0) is 4.74 Å². The maximum Gasteiger partial charge on any atom is 0.0641 e. The summed E-state index contributed by atoms with van der Waals surface area (Å²) in [5.74, 6) is 0. The summed E-state index contributed by atoms with van der Waals surface area (Å²) in [5.41, 5.74) is 2.80. The zero-order chi connectivity index (χ0) is 12.8. The summed E-state index contributed by atoms with van der Waals surface area (Å²) in [6, 6.07) is 9.24. The maximum atomic E-state index is 5.47. The lowest BCUT2D eigenvalue weighted by atomic mass is 9.96. The van der Waals surface area contributed by atoms with Crippen molar-refractivity contribution in [3.8, 4) is 0 Å². The van der Waals surface area contributed by atoms with Crippen LogP contribution in [0.2, 0.25) is 0 Å². The molecule has 1 N–H and O–H groups in total. The highest BCUT2D eigenvalue weighted by Gasteiger charge is 2.23. The fourth-order valence-corrected chi connectivity index (χ4v) is 2.64. The molecule has 2 rings (SSSR count). The second-order valence-electron chi connectivity index (χ2n) is 4.64. The molecule has 1 heterocycles. The predicted octanol–water partition coefficient (Wildman–Crippen LogP) is 2.58. The third kappa shape index (κ3) is 3.03. The minimum absolute atomic E-state index is 0.509. The van der Waals surface area contributed by atoms with E-state index in [9.17, 15) is 0 Å². The van der Waals surface area contributed by atoms with Gasteiger partial charge in [0.15, 0.2) is 0 Å². The van der Waals surface area contributed by atoms with Gasteiger partial charge in [-0.2, -0.15) is 0 Å². The van der Waals surface area contributed by atoms with E-state index in [2.05, 4.69) is 41.4 Å². The lowest BCUT2D eigenvalue weighted by molar-refractivity contribution is 0.153. The van der Waals surface area contributed by atoms with Crippen molar-refractivity contribution in [2.75, 3.05) is 37.7 Å². The van der Waals surface area contributed by atoms with Gasteiger partial charge in [-0.05, 0) is 31.5 Å². The van der Waals surface area contributed by atoms with E-state index in [0.717, 1.165) is 32.8 Å². The van der Waals surface area contributed by atoms with Gasteiger partial charge < -0.3 is 15.0 Å². The SMILES string of the molecule is CCNC1CCN(CCOCC)c2ccccc21. The van der Waals surface area contributed by atoms with Crippen LogP contribution in [0.15, 0.2) is 24.3 Å². The fourth-order valence-electron chi connectivity index (χ4n) is 2.64. The van der Waals surface area contributed by atoms with Crippen LogP contribution >= 0.6 is 0 Å². The minimum Gasteiger partial charge on any atom is -0.380 e. The van der Waals surface area contributed by atoms with Crippen molar-refractivity contribution >= 4 is 5.69 Å². The third-order valence-corrected chi connectivity index (χ3v) is 3.50. The molecular weight excluding hydrogens is 224 g/mol. The highest BCUT2D eigenvalue weighted by Crippen LogP contribution is 2.33. The number of ether oxygens (including phenoxy) is 1. The van der Waals surface area contributed by atoms with E-state index in [4.69, 9.17) is 4.74 Å². The van der Waals surface area contributed by atoms with E-state index in [-0.39, 0.29) is 0 Å². The molecule has 0 saturated heterocycles. The summed E-state index contributed by atoms with van der Waals surface area (Å²) in [5, 5.41) is 3.57. The number of nitrogens with zero attached hydrogens (tertiary/aromatic N) is 1. The van der Waals surface area contributed by atoms with Crippen LogP contribution in [0.4, 0.5) is 5.69 Å². The molecule has 3 nitrogen and oxygen atoms in total. The topological polar surface area (TPSA) is 24.5 Å². The van der Waals surface area contributed by atoms with Crippen LogP contribution in [0.1, 0.15) is 31.9 Å². The van der Waals surface area contributed by atoms with Crippen molar-refractivity contribution < 1.29 is 4.74 Å². The van der Waals surface area contributed by atoms with E-state index in [1.54, 1.807) is 0 Å². The Morgan fingerprint density at radius 1 is 1.33 bits per heavy atom. The molecule has 1 aliphatic heterocycles. The third-order valence-electron chi connectivity index (χ3n) is 3.50. The van der Waals surface area contributed by atoms with Gasteiger partial charge in [-0.1, -0.05) is 25.1 Å². The molecule has 0 amide bonds. The molecule has 0 bridgehead atoms. The monoisotopic (exact) mass is 248 g/mol. The summed E-state index contributed by atoms with van der Waals surface area (Å²) in [7, 11) is 0. The molecule has 0 fully saturated rings. The normalized spacial score (nSPS) is 18.8. The molecule has 18 heavy (non-hydrogen) atoms. The van der Waals surface area contributed by atoms with Gasteiger partial charge in [0.05, 0.1) is 6.61 Å². The Morgan fingerprint density at radius 2 is 2.17 bits per heavy atom. The molecule has 1 unspecified atom stereocenters. The molecule has 0 aromatic heterocycles. The molecule has 3 heteroatoms. The van der Waals surface area contributed by atoms with Crippen molar-refractivity contribution in [1.82, 2.24) is 5.32 Å². The van der Waals surface area contributed by atoms with E-state index in [0.29, 0.717) is 6.04 Å². The molecule has 1 aliphatic rings. The van der Waals surface area contributed by atoms with E-state index in [1.807, 2.05) is 6.92 Å². The molecule has 1 atom stereocenters. The standard InChI is InChI=1S/C15H24N2O/c1-3-16-14-9-10-17(11-12-18-4-2)15-8-6-5-7-13(14)15/h5-8,14,16H,3-4,9-12H2,1-2H3. The van der Waals surface area contributed by atoms with Crippen LogP contribution in [0.5, 0.6) is 0 Å². The number of benzene rings is 1. The minimum atomic E-state index is 0.509. The Balaban J connectivity index is 2.09. The summed E-state index contributed by atoms with van der Waals surface area (Å²) in [6.45, 7) is 8.96. The van der Waals surface area contributed by atoms with Crippen molar-refractivity contribution in [2.24, 2.45) is 0 Å². The van der Waals surface area contributed by atoms with Gasteiger partial charge in [-0.3, -0.25) is 0 Å². The Bertz CT molecular complexity index is 367. The summed E-state index contributed by atoms with van der Waals surface area (Å²) in [4.78, 5) is 2.44. The predicted molar refractivity (Wildman–Crippen MR) is 76.2 cm³/mol. The fraction of sp³-hybridized carbons (Fsp3) is 0.600. The number of anilines is 1. The molecular formula is C15H24N2O. The number of rotatable bonds is 6. The maximum absolute atomic E-state index is 5.47. The Labute approximate surface area is 110 Å². The Morgan fingerprint density at radius 3 is 2.94 bits per heavy atom. The van der Waals surface area contributed by atoms with E-state index in [1.165, 1.54) is 17.7 Å². The number of para-hydroxylation sites is 1.